The van der Waals surface area contributed by atoms with Crippen LogP contribution >= 0.6 is 34.2 Å². The first-order valence-electron chi connectivity index (χ1n) is 6.12. The van der Waals surface area contributed by atoms with Crippen LogP contribution in [0.15, 0.2) is 18.2 Å². The van der Waals surface area contributed by atoms with Gasteiger partial charge in [0.2, 0.25) is 0 Å². The van der Waals surface area contributed by atoms with Gasteiger partial charge in [0.25, 0.3) is 0 Å². The maximum absolute atomic E-state index is 13.7. The van der Waals surface area contributed by atoms with Gasteiger partial charge < -0.3 is 4.74 Å². The minimum Gasteiger partial charge on any atom is -0.494 e. The van der Waals surface area contributed by atoms with E-state index in [4.69, 9.17) is 16.3 Å². The van der Waals surface area contributed by atoms with E-state index < -0.39 is 5.82 Å². The lowest BCUT2D eigenvalue weighted by Crippen LogP contribution is -2.01. The Balaban J connectivity index is 2.49. The van der Waals surface area contributed by atoms with E-state index in [-0.39, 0.29) is 5.75 Å². The number of nitrogens with zero attached hydrogens (tertiary/aromatic N) is 2. The van der Waals surface area contributed by atoms with Crippen LogP contribution in [0.3, 0.4) is 0 Å². The van der Waals surface area contributed by atoms with Gasteiger partial charge in [-0.1, -0.05) is 24.9 Å². The van der Waals surface area contributed by atoms with Crippen molar-refractivity contribution in [2.45, 2.75) is 19.8 Å². The molecule has 1 aromatic heterocycles. The minimum absolute atomic E-state index is 0.194. The van der Waals surface area contributed by atoms with Crippen LogP contribution in [-0.2, 0) is 6.42 Å². The second kappa shape index (κ2) is 6.67. The van der Waals surface area contributed by atoms with Crippen molar-refractivity contribution >= 4 is 34.2 Å². The fourth-order valence-corrected chi connectivity index (χ4v) is 2.50. The molecular formula is C14H13ClFIN2O. The molecule has 2 rings (SSSR count). The molecule has 0 N–H and O–H groups in total. The molecule has 0 bridgehead atoms. The van der Waals surface area contributed by atoms with Crippen LogP contribution in [0.1, 0.15) is 19.0 Å². The van der Waals surface area contributed by atoms with Crippen molar-refractivity contribution < 1.29 is 9.13 Å². The van der Waals surface area contributed by atoms with Crippen molar-refractivity contribution in [1.29, 1.82) is 0 Å². The van der Waals surface area contributed by atoms with Crippen LogP contribution in [-0.4, -0.2) is 17.1 Å². The van der Waals surface area contributed by atoms with Gasteiger partial charge >= 0.3 is 0 Å². The first-order valence-corrected chi connectivity index (χ1v) is 7.58. The third-order valence-electron chi connectivity index (χ3n) is 2.78. The molecule has 0 aliphatic heterocycles. The van der Waals surface area contributed by atoms with Crippen molar-refractivity contribution in [2.75, 3.05) is 7.11 Å². The second-order valence-electron chi connectivity index (χ2n) is 4.20. The molecular weight excluding hydrogens is 394 g/mol. The van der Waals surface area contributed by atoms with E-state index in [1.165, 1.54) is 13.2 Å². The fraction of sp³-hybridized carbons (Fsp3) is 0.286. The average molecular weight is 407 g/mol. The van der Waals surface area contributed by atoms with E-state index in [1.54, 1.807) is 12.1 Å². The smallest absolute Gasteiger partial charge is 0.165 e. The van der Waals surface area contributed by atoms with Gasteiger partial charge in [-0.15, -0.1) is 0 Å². The van der Waals surface area contributed by atoms with Crippen molar-refractivity contribution in [3.8, 4) is 17.1 Å². The number of aryl methyl sites for hydroxylation is 1. The average Bonchev–Trinajstić information content (AvgIpc) is 2.43. The molecule has 6 heteroatoms. The Morgan fingerprint density at radius 3 is 2.70 bits per heavy atom. The molecule has 0 spiro atoms. The summed E-state index contributed by atoms with van der Waals surface area (Å²) < 4.78 is 19.5. The fourth-order valence-electron chi connectivity index (χ4n) is 1.80. The van der Waals surface area contributed by atoms with Gasteiger partial charge in [-0.25, -0.2) is 14.4 Å². The molecule has 0 saturated carbocycles. The van der Waals surface area contributed by atoms with Gasteiger partial charge in [-0.2, -0.15) is 0 Å². The molecule has 1 heterocycles. The number of rotatable bonds is 4. The Labute approximate surface area is 135 Å². The quantitative estimate of drug-likeness (QED) is 0.554. The summed E-state index contributed by atoms with van der Waals surface area (Å²) in [5, 5.41) is 0.398. The van der Waals surface area contributed by atoms with Crippen LogP contribution in [0, 0.1) is 9.39 Å². The largest absolute Gasteiger partial charge is 0.494 e. The van der Waals surface area contributed by atoms with Gasteiger partial charge in [-0.3, -0.25) is 0 Å². The van der Waals surface area contributed by atoms with Gasteiger partial charge in [-0.05, 0) is 47.2 Å². The minimum atomic E-state index is -0.444. The highest BCUT2D eigenvalue weighted by Gasteiger charge is 2.13. The van der Waals surface area contributed by atoms with Crippen LogP contribution in [0.2, 0.25) is 5.15 Å². The molecule has 0 radical (unpaired) electrons. The molecule has 20 heavy (non-hydrogen) atoms. The number of methoxy groups -OCH3 is 1. The Hall–Kier alpha value is -0.950. The normalized spacial score (nSPS) is 10.7. The number of halogens is 3. The van der Waals surface area contributed by atoms with E-state index in [0.717, 1.165) is 22.1 Å². The van der Waals surface area contributed by atoms with Gasteiger partial charge in [0.15, 0.2) is 17.4 Å². The number of hydrogen-bond donors (Lipinski definition) is 0. The standard InChI is InChI=1S/C14H13ClFIN2O/c1-3-4-10-12(17)13(15)19-14(18-10)8-5-6-11(20-2)9(16)7-8/h5-7H,3-4H2,1-2H3. The van der Waals surface area contributed by atoms with E-state index in [1.807, 2.05) is 0 Å². The summed E-state index contributed by atoms with van der Waals surface area (Å²) in [7, 11) is 1.43. The number of benzene rings is 1. The monoisotopic (exact) mass is 406 g/mol. The van der Waals surface area contributed by atoms with Gasteiger partial charge in [0, 0.05) is 5.56 Å². The lowest BCUT2D eigenvalue weighted by Gasteiger charge is -2.08. The first kappa shape index (κ1) is 15.4. The SMILES string of the molecule is CCCc1nc(-c2ccc(OC)c(F)c2)nc(Cl)c1I. The Bertz CT molecular complexity index is 637. The zero-order chi connectivity index (χ0) is 14.7. The Morgan fingerprint density at radius 2 is 2.10 bits per heavy atom. The summed E-state index contributed by atoms with van der Waals surface area (Å²) in [4.78, 5) is 8.70. The zero-order valence-electron chi connectivity index (χ0n) is 11.1. The molecule has 0 fully saturated rings. The maximum atomic E-state index is 13.7. The number of hydrogen-bond acceptors (Lipinski definition) is 3. The summed E-state index contributed by atoms with van der Waals surface area (Å²) >= 11 is 8.26. The highest BCUT2D eigenvalue weighted by molar-refractivity contribution is 14.1. The molecule has 0 aliphatic rings. The van der Waals surface area contributed by atoms with E-state index in [2.05, 4.69) is 39.5 Å². The predicted octanol–water partition coefficient (Wildman–Crippen LogP) is 4.50. The summed E-state index contributed by atoms with van der Waals surface area (Å²) in [5.74, 6) is 0.180. The Morgan fingerprint density at radius 1 is 1.35 bits per heavy atom. The summed E-state index contributed by atoms with van der Waals surface area (Å²) in [6, 6.07) is 4.63. The molecule has 106 valence electrons. The van der Waals surface area contributed by atoms with E-state index in [9.17, 15) is 4.39 Å². The van der Waals surface area contributed by atoms with Crippen LogP contribution in [0.4, 0.5) is 4.39 Å². The van der Waals surface area contributed by atoms with Gasteiger partial charge in [0.05, 0.1) is 16.4 Å². The Kier molecular flexibility index (Phi) is 5.15. The maximum Gasteiger partial charge on any atom is 0.165 e. The van der Waals surface area contributed by atoms with Crippen LogP contribution in [0.25, 0.3) is 11.4 Å². The third kappa shape index (κ3) is 3.20. The summed E-state index contributed by atoms with van der Waals surface area (Å²) in [6.07, 6.45) is 1.77. The number of ether oxygens (including phenoxy) is 1. The molecule has 0 amide bonds. The van der Waals surface area contributed by atoms with Crippen molar-refractivity contribution in [2.24, 2.45) is 0 Å². The third-order valence-corrected chi connectivity index (χ3v) is 4.50. The predicted molar refractivity (Wildman–Crippen MR) is 85.7 cm³/mol. The summed E-state index contributed by atoms with van der Waals surface area (Å²) in [6.45, 7) is 2.07. The molecule has 1 aromatic carbocycles. The van der Waals surface area contributed by atoms with Crippen molar-refractivity contribution in [3.05, 3.63) is 38.4 Å². The molecule has 2 aromatic rings. The molecule has 0 unspecified atom stereocenters. The molecule has 0 atom stereocenters. The highest BCUT2D eigenvalue weighted by atomic mass is 127. The lowest BCUT2D eigenvalue weighted by molar-refractivity contribution is 0.386. The zero-order valence-corrected chi connectivity index (χ0v) is 14.0. The molecule has 0 saturated heterocycles. The first-order chi connectivity index (χ1) is 9.56. The second-order valence-corrected chi connectivity index (χ2v) is 5.63. The van der Waals surface area contributed by atoms with Crippen LogP contribution in [0.5, 0.6) is 5.75 Å². The van der Waals surface area contributed by atoms with E-state index >= 15 is 0 Å². The molecule has 3 nitrogen and oxygen atoms in total. The lowest BCUT2D eigenvalue weighted by atomic mass is 10.2. The highest BCUT2D eigenvalue weighted by Crippen LogP contribution is 2.27. The van der Waals surface area contributed by atoms with Crippen molar-refractivity contribution in [3.63, 3.8) is 0 Å². The van der Waals surface area contributed by atoms with Crippen molar-refractivity contribution in [1.82, 2.24) is 9.97 Å². The van der Waals surface area contributed by atoms with Gasteiger partial charge in [0.1, 0.15) is 5.15 Å². The molecule has 0 aliphatic carbocycles. The van der Waals surface area contributed by atoms with Crippen LogP contribution < -0.4 is 4.74 Å². The number of aromatic nitrogens is 2. The van der Waals surface area contributed by atoms with E-state index in [0.29, 0.717) is 16.5 Å². The summed E-state index contributed by atoms with van der Waals surface area (Å²) in [5.41, 5.74) is 1.47. The topological polar surface area (TPSA) is 35.0 Å².